The first kappa shape index (κ1) is 8.38. The van der Waals surface area contributed by atoms with E-state index in [-0.39, 0.29) is 11.3 Å². The Bertz CT molecular complexity index is 484. The predicted molar refractivity (Wildman–Crippen MR) is 46.0 cm³/mol. The van der Waals surface area contributed by atoms with E-state index >= 15 is 0 Å². The van der Waals surface area contributed by atoms with Crippen molar-refractivity contribution in [3.63, 3.8) is 0 Å². The Morgan fingerprint density at radius 3 is 2.93 bits per heavy atom. The normalized spacial score (nSPS) is 9.71. The van der Waals surface area contributed by atoms with Crippen molar-refractivity contribution in [1.29, 1.82) is 5.26 Å². The number of rotatable bonds is 1. The van der Waals surface area contributed by atoms with Gasteiger partial charge in [-0.05, 0) is 12.1 Å². The number of hydrogen-bond donors (Lipinski definition) is 0. The van der Waals surface area contributed by atoms with Crippen molar-refractivity contribution in [2.75, 3.05) is 0 Å². The third kappa shape index (κ3) is 1.23. The molecule has 68 valence electrons. The monoisotopic (exact) mass is 188 g/mol. The fourth-order valence-corrected chi connectivity index (χ4v) is 1.17. The summed E-state index contributed by atoms with van der Waals surface area (Å²) in [6.07, 6.45) is 2.91. The highest BCUT2D eigenvalue weighted by molar-refractivity contribution is 5.48. The number of nitriles is 1. The Morgan fingerprint density at radius 2 is 2.29 bits per heavy atom. The number of aromatic nitrogens is 3. The van der Waals surface area contributed by atoms with Crippen molar-refractivity contribution in [2.45, 2.75) is 0 Å². The zero-order valence-electron chi connectivity index (χ0n) is 7.05. The van der Waals surface area contributed by atoms with E-state index in [1.54, 1.807) is 0 Å². The summed E-state index contributed by atoms with van der Waals surface area (Å²) in [4.78, 5) is 0. The van der Waals surface area contributed by atoms with Gasteiger partial charge in [0.05, 0.1) is 18.0 Å². The van der Waals surface area contributed by atoms with Crippen molar-refractivity contribution < 1.29 is 4.39 Å². The van der Waals surface area contributed by atoms with Crippen LogP contribution < -0.4 is 0 Å². The minimum atomic E-state index is -0.491. The summed E-state index contributed by atoms with van der Waals surface area (Å²) in [5.74, 6) is -0.491. The van der Waals surface area contributed by atoms with Crippen LogP contribution in [0.25, 0.3) is 5.69 Å². The average molecular weight is 188 g/mol. The topological polar surface area (TPSA) is 54.5 Å². The summed E-state index contributed by atoms with van der Waals surface area (Å²) in [6.45, 7) is 0. The van der Waals surface area contributed by atoms with Crippen LogP contribution in [0.2, 0.25) is 0 Å². The van der Waals surface area contributed by atoms with Gasteiger partial charge in [0.2, 0.25) is 0 Å². The maximum absolute atomic E-state index is 13.4. The zero-order chi connectivity index (χ0) is 9.97. The highest BCUT2D eigenvalue weighted by Crippen LogP contribution is 2.16. The molecule has 2 rings (SSSR count). The third-order valence-corrected chi connectivity index (χ3v) is 1.76. The maximum Gasteiger partial charge on any atom is 0.150 e. The lowest BCUT2D eigenvalue weighted by molar-refractivity contribution is 0.606. The minimum absolute atomic E-state index is 0.132. The smallest absolute Gasteiger partial charge is 0.150 e. The molecule has 0 radical (unpaired) electrons. The largest absolute Gasteiger partial charge is 0.216 e. The van der Waals surface area contributed by atoms with E-state index in [9.17, 15) is 4.39 Å². The number of halogens is 1. The lowest BCUT2D eigenvalue weighted by Gasteiger charge is -2.03. The molecule has 14 heavy (non-hydrogen) atoms. The summed E-state index contributed by atoms with van der Waals surface area (Å²) >= 11 is 0. The highest BCUT2D eigenvalue weighted by Gasteiger charge is 2.10. The second-order valence-corrected chi connectivity index (χ2v) is 2.60. The molecule has 0 aliphatic heterocycles. The molecular weight excluding hydrogens is 183 g/mol. The first-order valence-corrected chi connectivity index (χ1v) is 3.88. The van der Waals surface area contributed by atoms with Gasteiger partial charge >= 0.3 is 0 Å². The van der Waals surface area contributed by atoms with Crippen molar-refractivity contribution in [1.82, 2.24) is 15.0 Å². The Morgan fingerprint density at radius 1 is 1.43 bits per heavy atom. The molecule has 2 aromatic rings. The molecule has 0 aliphatic rings. The molecule has 0 saturated heterocycles. The van der Waals surface area contributed by atoms with E-state index in [0.717, 1.165) is 0 Å². The standard InChI is InChI=1S/C9H5FN4/c10-8-3-1-2-7(6-11)9(8)14-5-4-12-13-14/h1-5H. The first-order chi connectivity index (χ1) is 6.83. The number of benzene rings is 1. The quantitative estimate of drug-likeness (QED) is 0.677. The van der Waals surface area contributed by atoms with Crippen LogP contribution in [0.4, 0.5) is 4.39 Å². The van der Waals surface area contributed by atoms with E-state index in [1.807, 2.05) is 6.07 Å². The molecule has 0 bridgehead atoms. The fourth-order valence-electron chi connectivity index (χ4n) is 1.17. The van der Waals surface area contributed by atoms with Crippen LogP contribution in [0.1, 0.15) is 5.56 Å². The van der Waals surface area contributed by atoms with Gasteiger partial charge < -0.3 is 0 Å². The molecular formula is C9H5FN4. The van der Waals surface area contributed by atoms with E-state index in [1.165, 1.54) is 35.3 Å². The van der Waals surface area contributed by atoms with Gasteiger partial charge in [-0.3, -0.25) is 0 Å². The van der Waals surface area contributed by atoms with Crippen molar-refractivity contribution in [3.8, 4) is 11.8 Å². The average Bonchev–Trinajstić information content (AvgIpc) is 2.70. The molecule has 4 nitrogen and oxygen atoms in total. The summed E-state index contributed by atoms with van der Waals surface area (Å²) in [5.41, 5.74) is 0.364. The molecule has 0 saturated carbocycles. The van der Waals surface area contributed by atoms with Crippen molar-refractivity contribution >= 4 is 0 Å². The predicted octanol–water partition coefficient (Wildman–Crippen LogP) is 1.28. The molecule has 1 aromatic carbocycles. The van der Waals surface area contributed by atoms with E-state index < -0.39 is 5.82 Å². The van der Waals surface area contributed by atoms with Crippen LogP contribution in [-0.4, -0.2) is 15.0 Å². The van der Waals surface area contributed by atoms with Gasteiger partial charge in [-0.15, -0.1) is 5.10 Å². The zero-order valence-corrected chi connectivity index (χ0v) is 7.05. The molecule has 0 atom stereocenters. The van der Waals surface area contributed by atoms with Crippen LogP contribution in [0.3, 0.4) is 0 Å². The van der Waals surface area contributed by atoms with Crippen LogP contribution in [-0.2, 0) is 0 Å². The molecule has 0 unspecified atom stereocenters. The summed E-state index contributed by atoms with van der Waals surface area (Å²) in [7, 11) is 0. The van der Waals surface area contributed by atoms with Crippen LogP contribution in [0, 0.1) is 17.1 Å². The lowest BCUT2D eigenvalue weighted by atomic mass is 10.2. The molecule has 0 spiro atoms. The SMILES string of the molecule is N#Cc1cccc(F)c1-n1ccnn1. The highest BCUT2D eigenvalue weighted by atomic mass is 19.1. The lowest BCUT2D eigenvalue weighted by Crippen LogP contribution is -2.01. The molecule has 0 fully saturated rings. The van der Waals surface area contributed by atoms with Crippen molar-refractivity contribution in [2.24, 2.45) is 0 Å². The number of para-hydroxylation sites is 1. The van der Waals surface area contributed by atoms with Crippen LogP contribution in [0.5, 0.6) is 0 Å². The summed E-state index contributed by atoms with van der Waals surface area (Å²) in [6, 6.07) is 6.18. The molecule has 1 heterocycles. The Hall–Kier alpha value is -2.22. The van der Waals surface area contributed by atoms with E-state index in [4.69, 9.17) is 5.26 Å². The van der Waals surface area contributed by atoms with E-state index in [0.29, 0.717) is 0 Å². The van der Waals surface area contributed by atoms with Gasteiger partial charge in [-0.25, -0.2) is 9.07 Å². The Kier molecular flexibility index (Phi) is 1.95. The van der Waals surface area contributed by atoms with E-state index in [2.05, 4.69) is 10.3 Å². The molecule has 5 heteroatoms. The van der Waals surface area contributed by atoms with Crippen molar-refractivity contribution in [3.05, 3.63) is 42.0 Å². The first-order valence-electron chi connectivity index (χ1n) is 3.88. The summed E-state index contributed by atoms with van der Waals surface area (Å²) in [5, 5.41) is 15.9. The Labute approximate surface area is 79.2 Å². The maximum atomic E-state index is 13.4. The van der Waals surface area contributed by atoms with Gasteiger partial charge in [0.15, 0.2) is 0 Å². The molecule has 0 N–H and O–H groups in total. The van der Waals surface area contributed by atoms with Gasteiger partial charge in [0.1, 0.15) is 17.6 Å². The molecule has 1 aromatic heterocycles. The van der Waals surface area contributed by atoms with Crippen LogP contribution in [0.15, 0.2) is 30.6 Å². The fraction of sp³-hybridized carbons (Fsp3) is 0. The Balaban J connectivity index is 2.69. The second kappa shape index (κ2) is 3.26. The summed E-state index contributed by atoms with van der Waals surface area (Å²) < 4.78 is 14.6. The number of nitrogens with zero attached hydrogens (tertiary/aromatic N) is 4. The van der Waals surface area contributed by atoms with Gasteiger partial charge in [0.25, 0.3) is 0 Å². The van der Waals surface area contributed by atoms with Gasteiger partial charge in [0, 0.05) is 0 Å². The van der Waals surface area contributed by atoms with Gasteiger partial charge in [-0.1, -0.05) is 11.3 Å². The minimum Gasteiger partial charge on any atom is -0.216 e. The van der Waals surface area contributed by atoms with Gasteiger partial charge in [-0.2, -0.15) is 5.26 Å². The second-order valence-electron chi connectivity index (χ2n) is 2.60. The molecule has 0 aliphatic carbocycles. The third-order valence-electron chi connectivity index (χ3n) is 1.76. The molecule has 0 amide bonds. The van der Waals surface area contributed by atoms with Crippen LogP contribution >= 0.6 is 0 Å². The number of hydrogen-bond acceptors (Lipinski definition) is 3.